The summed E-state index contributed by atoms with van der Waals surface area (Å²) in [6.45, 7) is 8.64. The number of nitrogens with zero attached hydrogens (tertiary/aromatic N) is 3. The van der Waals surface area contributed by atoms with Gasteiger partial charge in [0.1, 0.15) is 0 Å². The molecule has 2 aromatic rings. The van der Waals surface area contributed by atoms with Crippen molar-refractivity contribution in [3.8, 4) is 0 Å². The summed E-state index contributed by atoms with van der Waals surface area (Å²) in [6, 6.07) is 9.98. The lowest BCUT2D eigenvalue weighted by atomic mass is 9.85. The van der Waals surface area contributed by atoms with Gasteiger partial charge in [0, 0.05) is 36.8 Å². The highest BCUT2D eigenvalue weighted by atomic mass is 127. The van der Waals surface area contributed by atoms with Crippen molar-refractivity contribution in [2.24, 2.45) is 12.0 Å². The summed E-state index contributed by atoms with van der Waals surface area (Å²) in [4.78, 5) is 4.64. The van der Waals surface area contributed by atoms with Crippen LogP contribution in [0.3, 0.4) is 0 Å². The van der Waals surface area contributed by atoms with Gasteiger partial charge in [-0.25, -0.2) is 4.99 Å². The molecule has 0 saturated carbocycles. The van der Waals surface area contributed by atoms with E-state index in [1.54, 1.807) is 6.20 Å². The molecular weight excluding hydrogens is 449 g/mol. The molecule has 0 aliphatic rings. The van der Waals surface area contributed by atoms with Crippen LogP contribution in [0, 0.1) is 0 Å². The number of hydrogen-bond donors (Lipinski definition) is 2. The fraction of sp³-hybridized carbons (Fsp3) is 0.444. The van der Waals surface area contributed by atoms with Crippen LogP contribution in [0.25, 0.3) is 0 Å². The monoisotopic (exact) mass is 475 g/mol. The third kappa shape index (κ3) is 6.51. The maximum absolute atomic E-state index is 5.98. The Labute approximate surface area is 172 Å². The van der Waals surface area contributed by atoms with Crippen molar-refractivity contribution in [3.05, 3.63) is 52.8 Å². The van der Waals surface area contributed by atoms with Crippen molar-refractivity contribution in [3.63, 3.8) is 0 Å². The van der Waals surface area contributed by atoms with Crippen molar-refractivity contribution in [1.82, 2.24) is 20.4 Å². The number of benzene rings is 1. The predicted octanol–water partition coefficient (Wildman–Crippen LogP) is 3.72. The first-order valence-electron chi connectivity index (χ1n) is 8.17. The Morgan fingerprint density at radius 2 is 1.88 bits per heavy atom. The minimum Gasteiger partial charge on any atom is -0.357 e. The minimum atomic E-state index is -0.0344. The molecule has 1 aromatic carbocycles. The van der Waals surface area contributed by atoms with Crippen LogP contribution >= 0.6 is 35.6 Å². The molecule has 0 saturated heterocycles. The van der Waals surface area contributed by atoms with Gasteiger partial charge in [0.05, 0.1) is 12.2 Å². The van der Waals surface area contributed by atoms with E-state index < -0.39 is 0 Å². The van der Waals surface area contributed by atoms with Gasteiger partial charge in [-0.1, -0.05) is 37.6 Å². The van der Waals surface area contributed by atoms with Gasteiger partial charge in [-0.05, 0) is 30.7 Å². The molecule has 0 aliphatic heterocycles. The van der Waals surface area contributed by atoms with E-state index in [4.69, 9.17) is 11.6 Å². The van der Waals surface area contributed by atoms with Gasteiger partial charge in [0.2, 0.25) is 0 Å². The molecule has 0 aliphatic carbocycles. The number of rotatable bonds is 6. The van der Waals surface area contributed by atoms with E-state index in [1.807, 2.05) is 29.9 Å². The second-order valence-corrected chi connectivity index (χ2v) is 6.82. The van der Waals surface area contributed by atoms with Crippen LogP contribution in [0.4, 0.5) is 0 Å². The first-order chi connectivity index (χ1) is 11.4. The Morgan fingerprint density at radius 3 is 2.44 bits per heavy atom. The Kier molecular flexibility index (Phi) is 8.71. The smallest absolute Gasteiger partial charge is 0.191 e. The van der Waals surface area contributed by atoms with E-state index in [2.05, 4.69) is 53.6 Å². The molecule has 0 spiro atoms. The highest BCUT2D eigenvalue weighted by Crippen LogP contribution is 2.23. The summed E-state index contributed by atoms with van der Waals surface area (Å²) in [5.41, 5.74) is 2.28. The SMILES string of the molecule is CCNC(=NCc1ccnn1C)NCC(C)(C)c1ccc(Cl)cc1.I. The number of aromatic nitrogens is 2. The average molecular weight is 476 g/mol. The topological polar surface area (TPSA) is 54.2 Å². The minimum absolute atomic E-state index is 0. The molecule has 5 nitrogen and oxygen atoms in total. The van der Waals surface area contributed by atoms with E-state index >= 15 is 0 Å². The van der Waals surface area contributed by atoms with Crippen LogP contribution in [0.5, 0.6) is 0 Å². The average Bonchev–Trinajstić information content (AvgIpc) is 2.96. The van der Waals surface area contributed by atoms with Crippen molar-refractivity contribution in [1.29, 1.82) is 0 Å². The van der Waals surface area contributed by atoms with Crippen molar-refractivity contribution < 1.29 is 0 Å². The van der Waals surface area contributed by atoms with E-state index in [1.165, 1.54) is 5.56 Å². The molecule has 0 atom stereocenters. The lowest BCUT2D eigenvalue weighted by Gasteiger charge is -2.27. The first kappa shape index (κ1) is 21.8. The zero-order chi connectivity index (χ0) is 17.6. The molecule has 7 heteroatoms. The van der Waals surface area contributed by atoms with Gasteiger partial charge in [-0.15, -0.1) is 24.0 Å². The van der Waals surface area contributed by atoms with Gasteiger partial charge in [-0.3, -0.25) is 4.68 Å². The molecule has 0 unspecified atom stereocenters. The number of hydrogen-bond acceptors (Lipinski definition) is 2. The second kappa shape index (κ2) is 10.0. The molecule has 1 heterocycles. The summed E-state index contributed by atoms with van der Waals surface area (Å²) < 4.78 is 1.84. The summed E-state index contributed by atoms with van der Waals surface area (Å²) in [5.74, 6) is 0.806. The second-order valence-electron chi connectivity index (χ2n) is 6.39. The van der Waals surface area contributed by atoms with Gasteiger partial charge in [0.15, 0.2) is 5.96 Å². The third-order valence-electron chi connectivity index (χ3n) is 3.99. The van der Waals surface area contributed by atoms with Gasteiger partial charge >= 0.3 is 0 Å². The van der Waals surface area contributed by atoms with Crippen LogP contribution in [0.1, 0.15) is 32.0 Å². The fourth-order valence-corrected chi connectivity index (χ4v) is 2.49. The van der Waals surface area contributed by atoms with Gasteiger partial charge < -0.3 is 10.6 Å². The Morgan fingerprint density at radius 1 is 1.20 bits per heavy atom. The first-order valence-corrected chi connectivity index (χ1v) is 8.55. The fourth-order valence-electron chi connectivity index (χ4n) is 2.37. The highest BCUT2D eigenvalue weighted by molar-refractivity contribution is 14.0. The molecule has 0 amide bonds. The summed E-state index contributed by atoms with van der Waals surface area (Å²) >= 11 is 5.98. The van der Waals surface area contributed by atoms with E-state index in [0.717, 1.165) is 29.8 Å². The Balaban J connectivity index is 0.00000312. The van der Waals surface area contributed by atoms with E-state index in [-0.39, 0.29) is 29.4 Å². The summed E-state index contributed by atoms with van der Waals surface area (Å²) in [7, 11) is 1.93. The quantitative estimate of drug-likeness (QED) is 0.380. The maximum Gasteiger partial charge on any atom is 0.191 e. The summed E-state index contributed by atoms with van der Waals surface area (Å²) in [5, 5.41) is 11.6. The van der Waals surface area contributed by atoms with Crippen molar-refractivity contribution in [2.75, 3.05) is 13.1 Å². The predicted molar refractivity (Wildman–Crippen MR) is 116 cm³/mol. The zero-order valence-corrected chi connectivity index (χ0v) is 18.3. The van der Waals surface area contributed by atoms with Crippen LogP contribution < -0.4 is 10.6 Å². The lowest BCUT2D eigenvalue weighted by Crippen LogP contribution is -2.43. The largest absolute Gasteiger partial charge is 0.357 e. The van der Waals surface area contributed by atoms with Crippen LogP contribution in [0.2, 0.25) is 5.02 Å². The highest BCUT2D eigenvalue weighted by Gasteiger charge is 2.20. The van der Waals surface area contributed by atoms with E-state index in [0.29, 0.717) is 6.54 Å². The molecule has 0 bridgehead atoms. The number of guanidine groups is 1. The molecule has 0 radical (unpaired) electrons. The molecule has 25 heavy (non-hydrogen) atoms. The molecular formula is C18H27ClIN5. The van der Waals surface area contributed by atoms with Crippen LogP contribution in [-0.2, 0) is 19.0 Å². The maximum atomic E-state index is 5.98. The third-order valence-corrected chi connectivity index (χ3v) is 4.24. The Bertz CT molecular complexity index is 679. The number of nitrogens with one attached hydrogen (secondary N) is 2. The zero-order valence-electron chi connectivity index (χ0n) is 15.2. The number of aliphatic imine (C=N–C) groups is 1. The molecule has 0 fully saturated rings. The molecule has 2 N–H and O–H groups in total. The Hall–Kier alpha value is -1.28. The van der Waals surface area contributed by atoms with Crippen molar-refractivity contribution >= 4 is 41.5 Å². The molecule has 138 valence electrons. The van der Waals surface area contributed by atoms with Crippen molar-refractivity contribution in [2.45, 2.75) is 32.7 Å². The number of aryl methyl sites for hydroxylation is 1. The lowest BCUT2D eigenvalue weighted by molar-refractivity contribution is 0.508. The van der Waals surface area contributed by atoms with Gasteiger partial charge in [0.25, 0.3) is 0 Å². The molecule has 2 rings (SSSR count). The van der Waals surface area contributed by atoms with E-state index in [9.17, 15) is 0 Å². The number of halogens is 2. The standard InChI is InChI=1S/C18H26ClN5.HI/c1-5-20-17(21-12-16-10-11-23-24(16)4)22-13-18(2,3)14-6-8-15(19)9-7-14;/h6-11H,5,12-13H2,1-4H3,(H2,20,21,22);1H. The van der Waals surface area contributed by atoms with Gasteiger partial charge in [-0.2, -0.15) is 5.10 Å². The van der Waals surface area contributed by atoms with Crippen LogP contribution in [-0.4, -0.2) is 28.8 Å². The molecule has 1 aromatic heterocycles. The normalized spacial score (nSPS) is 11.8. The van der Waals surface area contributed by atoms with Crippen LogP contribution in [0.15, 0.2) is 41.5 Å². The summed E-state index contributed by atoms with van der Waals surface area (Å²) in [6.07, 6.45) is 1.79.